The Labute approximate surface area is 148 Å². The zero-order valence-corrected chi connectivity index (χ0v) is 16.6. The second-order valence-corrected chi connectivity index (χ2v) is 7.82. The molecule has 5 heteroatoms. The van der Waals surface area contributed by atoms with Gasteiger partial charge in [-0.3, -0.25) is 0 Å². The summed E-state index contributed by atoms with van der Waals surface area (Å²) < 4.78 is 6.56. The van der Waals surface area contributed by atoms with Crippen LogP contribution in [0, 0.1) is 0 Å². The van der Waals surface area contributed by atoms with Crippen LogP contribution in [0.5, 0.6) is 0 Å². The van der Waals surface area contributed by atoms with Gasteiger partial charge in [0.05, 0.1) is 0 Å². The number of ether oxygens (including phenoxy) is 1. The van der Waals surface area contributed by atoms with Gasteiger partial charge in [0.1, 0.15) is 5.60 Å². The van der Waals surface area contributed by atoms with E-state index >= 15 is 0 Å². The van der Waals surface area contributed by atoms with Crippen LogP contribution in [0.25, 0.3) is 0 Å². The van der Waals surface area contributed by atoms with Gasteiger partial charge in [0.15, 0.2) is 0 Å². The Kier molecular flexibility index (Phi) is 7.55. The molecular weight excluding hydrogens is 356 g/mol. The van der Waals surface area contributed by atoms with Crippen molar-refractivity contribution in [1.29, 1.82) is 0 Å². The molecule has 0 aliphatic rings. The van der Waals surface area contributed by atoms with Crippen molar-refractivity contribution in [1.82, 2.24) is 10.2 Å². The molecule has 23 heavy (non-hydrogen) atoms. The van der Waals surface area contributed by atoms with Gasteiger partial charge < -0.3 is 15.0 Å². The average molecular weight is 385 g/mol. The molecule has 0 aliphatic carbocycles. The van der Waals surface area contributed by atoms with Crippen LogP contribution in [0.15, 0.2) is 28.7 Å². The predicted octanol–water partition coefficient (Wildman–Crippen LogP) is 4.75. The van der Waals surface area contributed by atoms with Gasteiger partial charge in [-0.2, -0.15) is 0 Å². The third kappa shape index (κ3) is 6.92. The van der Waals surface area contributed by atoms with E-state index in [4.69, 9.17) is 4.74 Å². The van der Waals surface area contributed by atoms with Crippen LogP contribution < -0.4 is 5.32 Å². The first kappa shape index (κ1) is 20.0. The second-order valence-electron chi connectivity index (χ2n) is 6.96. The molecule has 1 aromatic carbocycles. The number of rotatable bonds is 6. The fourth-order valence-corrected chi connectivity index (χ4v) is 2.85. The Morgan fingerprint density at radius 1 is 1.26 bits per heavy atom. The minimum Gasteiger partial charge on any atom is -0.444 e. The highest BCUT2D eigenvalue weighted by atomic mass is 79.9. The molecule has 0 spiro atoms. The normalized spacial score (nSPS) is 13.0. The SMILES string of the molecule is CC(NCCN(C(=O)OC(C)(C)C)C(C)C)c1ccccc1Br. The third-order valence-electron chi connectivity index (χ3n) is 3.43. The predicted molar refractivity (Wildman–Crippen MR) is 98.6 cm³/mol. The van der Waals surface area contributed by atoms with E-state index < -0.39 is 5.60 Å². The van der Waals surface area contributed by atoms with Gasteiger partial charge in [-0.15, -0.1) is 0 Å². The summed E-state index contributed by atoms with van der Waals surface area (Å²) in [5, 5.41) is 3.46. The zero-order chi connectivity index (χ0) is 17.6. The van der Waals surface area contributed by atoms with Crippen LogP contribution in [0.1, 0.15) is 53.1 Å². The van der Waals surface area contributed by atoms with Crippen molar-refractivity contribution in [2.75, 3.05) is 13.1 Å². The molecule has 4 nitrogen and oxygen atoms in total. The van der Waals surface area contributed by atoms with Crippen molar-refractivity contribution in [3.05, 3.63) is 34.3 Å². The number of amides is 1. The lowest BCUT2D eigenvalue weighted by Gasteiger charge is -2.30. The highest BCUT2D eigenvalue weighted by molar-refractivity contribution is 9.10. The standard InChI is InChI=1S/C18H29BrN2O2/c1-13(2)21(17(22)23-18(4,5)6)12-11-20-14(3)15-9-7-8-10-16(15)19/h7-10,13-14,20H,11-12H2,1-6H3. The van der Waals surface area contributed by atoms with Gasteiger partial charge in [0.25, 0.3) is 0 Å². The third-order valence-corrected chi connectivity index (χ3v) is 4.15. The quantitative estimate of drug-likeness (QED) is 0.769. The Balaban J connectivity index is 2.56. The highest BCUT2D eigenvalue weighted by Gasteiger charge is 2.23. The maximum Gasteiger partial charge on any atom is 0.410 e. The summed E-state index contributed by atoms with van der Waals surface area (Å²) in [4.78, 5) is 14.0. The van der Waals surface area contributed by atoms with Crippen molar-refractivity contribution in [2.24, 2.45) is 0 Å². The summed E-state index contributed by atoms with van der Waals surface area (Å²) in [5.74, 6) is 0. The van der Waals surface area contributed by atoms with Gasteiger partial charge in [0, 0.05) is 29.6 Å². The first-order valence-electron chi connectivity index (χ1n) is 8.09. The Morgan fingerprint density at radius 2 is 1.87 bits per heavy atom. The van der Waals surface area contributed by atoms with Gasteiger partial charge in [-0.25, -0.2) is 4.79 Å². The van der Waals surface area contributed by atoms with Gasteiger partial charge in [0.2, 0.25) is 0 Å². The molecular formula is C18H29BrN2O2. The molecule has 0 heterocycles. The van der Waals surface area contributed by atoms with Gasteiger partial charge >= 0.3 is 6.09 Å². The van der Waals surface area contributed by atoms with Gasteiger partial charge in [-0.05, 0) is 53.2 Å². The van der Waals surface area contributed by atoms with Crippen LogP contribution >= 0.6 is 15.9 Å². The van der Waals surface area contributed by atoms with E-state index in [1.54, 1.807) is 4.90 Å². The highest BCUT2D eigenvalue weighted by Crippen LogP contribution is 2.22. The Hall–Kier alpha value is -1.07. The van der Waals surface area contributed by atoms with E-state index in [2.05, 4.69) is 34.2 Å². The lowest BCUT2D eigenvalue weighted by Crippen LogP contribution is -2.44. The van der Waals surface area contributed by atoms with Crippen molar-refractivity contribution in [2.45, 2.75) is 59.2 Å². The molecule has 0 saturated carbocycles. The van der Waals surface area contributed by atoms with E-state index in [0.717, 1.165) is 4.47 Å². The molecule has 0 saturated heterocycles. The molecule has 0 bridgehead atoms. The van der Waals surface area contributed by atoms with Crippen LogP contribution in [0.3, 0.4) is 0 Å². The largest absolute Gasteiger partial charge is 0.444 e. The number of halogens is 1. The van der Waals surface area contributed by atoms with Gasteiger partial charge in [-0.1, -0.05) is 34.1 Å². The van der Waals surface area contributed by atoms with Crippen molar-refractivity contribution >= 4 is 22.0 Å². The first-order valence-corrected chi connectivity index (χ1v) is 8.88. The fourth-order valence-electron chi connectivity index (χ4n) is 2.22. The number of benzene rings is 1. The summed E-state index contributed by atoms with van der Waals surface area (Å²) in [6, 6.07) is 8.47. The molecule has 1 amide bonds. The van der Waals surface area contributed by atoms with Crippen molar-refractivity contribution in [3.8, 4) is 0 Å². The van der Waals surface area contributed by atoms with E-state index in [-0.39, 0.29) is 18.2 Å². The van der Waals surface area contributed by atoms with E-state index in [0.29, 0.717) is 13.1 Å². The molecule has 1 aromatic rings. The molecule has 130 valence electrons. The van der Waals surface area contributed by atoms with Crippen molar-refractivity contribution < 1.29 is 9.53 Å². The molecule has 0 fully saturated rings. The summed E-state index contributed by atoms with van der Waals surface area (Å²) in [6.45, 7) is 13.1. The maximum atomic E-state index is 12.3. The number of hydrogen-bond acceptors (Lipinski definition) is 3. The molecule has 1 unspecified atom stereocenters. The molecule has 0 aromatic heterocycles. The minimum atomic E-state index is -0.472. The molecule has 0 radical (unpaired) electrons. The molecule has 1 atom stereocenters. The summed E-state index contributed by atoms with van der Waals surface area (Å²) in [5.41, 5.74) is 0.737. The Bertz CT molecular complexity index is 512. The lowest BCUT2D eigenvalue weighted by molar-refractivity contribution is 0.0192. The molecule has 0 aliphatic heterocycles. The number of carbonyl (C=O) groups excluding carboxylic acids is 1. The number of nitrogens with zero attached hydrogens (tertiary/aromatic N) is 1. The molecule has 1 N–H and O–H groups in total. The summed E-state index contributed by atoms with van der Waals surface area (Å²) in [7, 11) is 0. The van der Waals surface area contributed by atoms with E-state index in [1.165, 1.54) is 5.56 Å². The smallest absolute Gasteiger partial charge is 0.410 e. The number of nitrogens with one attached hydrogen (secondary N) is 1. The Morgan fingerprint density at radius 3 is 2.39 bits per heavy atom. The first-order chi connectivity index (χ1) is 10.6. The average Bonchev–Trinajstić information content (AvgIpc) is 2.41. The lowest BCUT2D eigenvalue weighted by atomic mass is 10.1. The minimum absolute atomic E-state index is 0.102. The maximum absolute atomic E-state index is 12.3. The summed E-state index contributed by atoms with van der Waals surface area (Å²) >= 11 is 3.57. The number of hydrogen-bond donors (Lipinski definition) is 1. The van der Waals surface area contributed by atoms with Crippen LogP contribution in [-0.2, 0) is 4.74 Å². The monoisotopic (exact) mass is 384 g/mol. The topological polar surface area (TPSA) is 41.6 Å². The second kappa shape index (κ2) is 8.69. The van der Waals surface area contributed by atoms with Crippen molar-refractivity contribution in [3.63, 3.8) is 0 Å². The van der Waals surface area contributed by atoms with E-state index in [9.17, 15) is 4.79 Å². The summed E-state index contributed by atoms with van der Waals surface area (Å²) in [6.07, 6.45) is -0.261. The van der Waals surface area contributed by atoms with Crippen LogP contribution in [0.4, 0.5) is 4.79 Å². The van der Waals surface area contributed by atoms with E-state index in [1.807, 2.05) is 52.8 Å². The molecule has 1 rings (SSSR count). The number of carbonyl (C=O) groups is 1. The fraction of sp³-hybridized carbons (Fsp3) is 0.611. The zero-order valence-electron chi connectivity index (χ0n) is 15.0. The van der Waals surface area contributed by atoms with Crippen LogP contribution in [0.2, 0.25) is 0 Å². The van der Waals surface area contributed by atoms with Crippen LogP contribution in [-0.4, -0.2) is 35.7 Å².